The van der Waals surface area contributed by atoms with Crippen molar-refractivity contribution >= 4 is 17.4 Å². The number of phenolic OH excluding ortho intramolecular Hbond substituents is 2. The summed E-state index contributed by atoms with van der Waals surface area (Å²) in [5.41, 5.74) is 7.37. The number of amides is 1. The van der Waals surface area contributed by atoms with Crippen molar-refractivity contribution in [3.05, 3.63) is 41.5 Å². The van der Waals surface area contributed by atoms with Crippen molar-refractivity contribution in [1.29, 1.82) is 0 Å². The van der Waals surface area contributed by atoms with E-state index in [0.717, 1.165) is 0 Å². The summed E-state index contributed by atoms with van der Waals surface area (Å²) in [4.78, 5) is 14.0. The van der Waals surface area contributed by atoms with Crippen LogP contribution < -0.4 is 20.1 Å². The Labute approximate surface area is 185 Å². The Bertz CT molecular complexity index is 1070. The molecule has 2 heterocycles. The zero-order valence-corrected chi connectivity index (χ0v) is 18.1. The zero-order valence-electron chi connectivity index (χ0n) is 18.1. The molecule has 0 saturated heterocycles. The number of aromatic hydroxyl groups is 2. The summed E-state index contributed by atoms with van der Waals surface area (Å²) in [5, 5.41) is 27.2. The number of hydrazone groups is 1. The molecule has 0 bridgehead atoms. The lowest BCUT2D eigenvalue weighted by Crippen LogP contribution is -2.41. The number of benzene rings is 2. The van der Waals surface area contributed by atoms with Gasteiger partial charge in [0, 0.05) is 30.5 Å². The number of carbonyl (C=O) groups excluding carboxylic acids is 1. The highest BCUT2D eigenvalue weighted by atomic mass is 16.7. The monoisotopic (exact) mass is 442 g/mol. The van der Waals surface area contributed by atoms with Crippen LogP contribution in [0.4, 0.5) is 5.69 Å². The van der Waals surface area contributed by atoms with Gasteiger partial charge in [0.25, 0.3) is 5.91 Å². The number of ether oxygens (including phenoxy) is 3. The topological polar surface area (TPSA) is 130 Å². The van der Waals surface area contributed by atoms with Crippen molar-refractivity contribution in [3.63, 3.8) is 0 Å². The maximum absolute atomic E-state index is 12.4. The summed E-state index contributed by atoms with van der Waals surface area (Å²) in [6.45, 7) is 4.64. The van der Waals surface area contributed by atoms with Gasteiger partial charge in [-0.05, 0) is 29.7 Å². The smallest absolute Gasteiger partial charge is 0.286 e. The van der Waals surface area contributed by atoms with E-state index in [1.165, 1.54) is 6.07 Å². The van der Waals surface area contributed by atoms with E-state index >= 15 is 0 Å². The molecule has 0 spiro atoms. The van der Waals surface area contributed by atoms with Gasteiger partial charge in [-0.2, -0.15) is 5.10 Å². The average Bonchev–Trinajstić information content (AvgIpc) is 3.36. The molecular formula is C22H26N4O6. The fourth-order valence-electron chi connectivity index (χ4n) is 3.88. The Kier molecular flexibility index (Phi) is 5.70. The van der Waals surface area contributed by atoms with Crippen LogP contribution in [0, 0.1) is 0 Å². The van der Waals surface area contributed by atoms with Gasteiger partial charge in [0.05, 0.1) is 13.2 Å². The molecular weight excluding hydrogens is 416 g/mol. The molecule has 0 fully saturated rings. The highest BCUT2D eigenvalue weighted by molar-refractivity contribution is 6.43. The first kappa shape index (κ1) is 21.6. The van der Waals surface area contributed by atoms with Gasteiger partial charge in [0.2, 0.25) is 12.6 Å². The van der Waals surface area contributed by atoms with Crippen LogP contribution in [0.15, 0.2) is 35.4 Å². The Morgan fingerprint density at radius 2 is 1.97 bits per heavy atom. The number of nitrogens with two attached hydrogens (primary N) is 1. The third-order valence-electron chi connectivity index (χ3n) is 5.43. The van der Waals surface area contributed by atoms with E-state index in [-0.39, 0.29) is 30.0 Å². The first-order chi connectivity index (χ1) is 15.3. The lowest BCUT2D eigenvalue weighted by molar-refractivity contribution is -0.112. The number of hydrogen-bond donors (Lipinski definition) is 3. The molecule has 0 saturated carbocycles. The number of phenols is 2. The molecule has 32 heavy (non-hydrogen) atoms. The van der Waals surface area contributed by atoms with E-state index in [1.54, 1.807) is 41.3 Å². The minimum atomic E-state index is -0.727. The molecule has 1 unspecified atom stereocenters. The van der Waals surface area contributed by atoms with Crippen LogP contribution in [0.5, 0.6) is 23.0 Å². The number of amidine groups is 1. The number of hydrogen-bond acceptors (Lipinski definition) is 9. The Hall–Kier alpha value is -3.66. The van der Waals surface area contributed by atoms with E-state index in [1.807, 2.05) is 13.8 Å². The van der Waals surface area contributed by atoms with Gasteiger partial charge in [-0.3, -0.25) is 14.7 Å². The lowest BCUT2D eigenvalue weighted by Gasteiger charge is -2.32. The van der Waals surface area contributed by atoms with Crippen LogP contribution in [0.3, 0.4) is 0 Å². The Balaban J connectivity index is 1.87. The first-order valence-electron chi connectivity index (χ1n) is 10.2. The fourth-order valence-corrected chi connectivity index (χ4v) is 3.88. The SMILES string of the molecule is COCCN1N=C(C(N)=O)N(c2ccc3c(c2)OCO3)C1c1cc(C(C)C)c(O)cc1O. The van der Waals surface area contributed by atoms with E-state index in [0.29, 0.717) is 41.5 Å². The zero-order chi connectivity index (χ0) is 23.0. The van der Waals surface area contributed by atoms with E-state index in [9.17, 15) is 15.0 Å². The van der Waals surface area contributed by atoms with Crippen LogP contribution in [-0.4, -0.2) is 54.0 Å². The molecule has 10 nitrogen and oxygen atoms in total. The van der Waals surface area contributed by atoms with Gasteiger partial charge < -0.3 is 30.2 Å². The van der Waals surface area contributed by atoms with Crippen molar-refractivity contribution in [2.24, 2.45) is 10.8 Å². The molecule has 2 aromatic rings. The number of methoxy groups -OCH3 is 1. The quantitative estimate of drug-likeness (QED) is 0.595. The average molecular weight is 442 g/mol. The summed E-state index contributed by atoms with van der Waals surface area (Å²) in [7, 11) is 1.56. The largest absolute Gasteiger partial charge is 0.508 e. The van der Waals surface area contributed by atoms with Crippen LogP contribution in [0.25, 0.3) is 0 Å². The molecule has 2 aliphatic rings. The van der Waals surface area contributed by atoms with Crippen LogP contribution in [0.1, 0.15) is 37.1 Å². The highest BCUT2D eigenvalue weighted by Crippen LogP contribution is 2.44. The lowest BCUT2D eigenvalue weighted by atomic mass is 9.97. The normalized spacial score (nSPS) is 17.2. The van der Waals surface area contributed by atoms with Gasteiger partial charge in [-0.25, -0.2) is 0 Å². The summed E-state index contributed by atoms with van der Waals surface area (Å²) in [6, 6.07) is 8.26. The minimum Gasteiger partial charge on any atom is -0.508 e. The number of anilines is 1. The number of primary amides is 1. The predicted molar refractivity (Wildman–Crippen MR) is 117 cm³/mol. The molecule has 4 N–H and O–H groups in total. The third-order valence-corrected chi connectivity index (χ3v) is 5.43. The number of nitrogens with zero attached hydrogens (tertiary/aromatic N) is 3. The van der Waals surface area contributed by atoms with E-state index in [4.69, 9.17) is 19.9 Å². The van der Waals surface area contributed by atoms with Crippen molar-refractivity contribution in [2.75, 3.05) is 32.0 Å². The first-order valence-corrected chi connectivity index (χ1v) is 10.2. The van der Waals surface area contributed by atoms with Gasteiger partial charge in [-0.1, -0.05) is 13.8 Å². The standard InChI is InChI=1S/C22H26N4O6/c1-12(2)14-9-15(17(28)10-16(14)27)22-25(6-7-30-3)24-21(20(23)29)26(22)13-4-5-18-19(8-13)32-11-31-18/h4-5,8-10,12,22,27-28H,6-7,11H2,1-3H3,(H2,23,29). The van der Waals surface area contributed by atoms with Gasteiger partial charge >= 0.3 is 0 Å². The molecule has 0 radical (unpaired) electrons. The summed E-state index contributed by atoms with van der Waals surface area (Å²) in [5.74, 6) is 0.252. The Morgan fingerprint density at radius 1 is 1.22 bits per heavy atom. The Morgan fingerprint density at radius 3 is 2.66 bits per heavy atom. The predicted octanol–water partition coefficient (Wildman–Crippen LogP) is 2.22. The van der Waals surface area contributed by atoms with Crippen molar-refractivity contribution in [3.8, 4) is 23.0 Å². The van der Waals surface area contributed by atoms with Crippen LogP contribution in [-0.2, 0) is 9.53 Å². The summed E-state index contributed by atoms with van der Waals surface area (Å²) < 4.78 is 16.1. The molecule has 4 rings (SSSR count). The molecule has 0 aliphatic carbocycles. The molecule has 2 aliphatic heterocycles. The van der Waals surface area contributed by atoms with Gasteiger partial charge in [0.1, 0.15) is 11.5 Å². The van der Waals surface area contributed by atoms with Crippen molar-refractivity contribution in [1.82, 2.24) is 5.01 Å². The summed E-state index contributed by atoms with van der Waals surface area (Å²) in [6.07, 6.45) is -0.717. The maximum Gasteiger partial charge on any atom is 0.286 e. The van der Waals surface area contributed by atoms with Crippen LogP contribution in [0.2, 0.25) is 0 Å². The third kappa shape index (κ3) is 3.73. The van der Waals surface area contributed by atoms with Gasteiger partial charge in [0.15, 0.2) is 17.7 Å². The minimum absolute atomic E-state index is 0.00120. The second-order valence-corrected chi connectivity index (χ2v) is 7.85. The molecule has 1 atom stereocenters. The molecule has 2 aromatic carbocycles. The second-order valence-electron chi connectivity index (χ2n) is 7.85. The van der Waals surface area contributed by atoms with E-state index < -0.39 is 12.1 Å². The van der Waals surface area contributed by atoms with Gasteiger partial charge in [-0.15, -0.1) is 0 Å². The van der Waals surface area contributed by atoms with Crippen molar-refractivity contribution in [2.45, 2.75) is 25.9 Å². The van der Waals surface area contributed by atoms with Crippen LogP contribution >= 0.6 is 0 Å². The molecule has 10 heteroatoms. The molecule has 0 aromatic heterocycles. The number of rotatable bonds is 7. The maximum atomic E-state index is 12.4. The number of carbonyl (C=O) groups is 1. The summed E-state index contributed by atoms with van der Waals surface area (Å²) >= 11 is 0. The molecule has 1 amide bonds. The fraction of sp³-hybridized carbons (Fsp3) is 0.364. The molecule has 170 valence electrons. The number of fused-ring (bicyclic) bond motifs is 1. The highest BCUT2D eigenvalue weighted by Gasteiger charge is 2.41. The van der Waals surface area contributed by atoms with E-state index in [2.05, 4.69) is 5.10 Å². The van der Waals surface area contributed by atoms with Crippen molar-refractivity contribution < 1.29 is 29.2 Å². The second kappa shape index (κ2) is 8.46.